The standard InChI is InChI=1S/C23H33N5O3S/c1-15(2)13-28-21(17-9-11-18(31-4)12-10-17)26-27-23(28)32-14-20(29)25-22(30)24-19-8-6-5-7-16(19)3/h9-12,15-16,19H,5-8,13-14H2,1-4H3,(H2,24,25,29,30). The van der Waals surface area contributed by atoms with Gasteiger partial charge in [-0.05, 0) is 48.9 Å². The molecule has 2 N–H and O–H groups in total. The monoisotopic (exact) mass is 459 g/mol. The van der Waals surface area contributed by atoms with Gasteiger partial charge < -0.3 is 14.6 Å². The van der Waals surface area contributed by atoms with Crippen molar-refractivity contribution in [2.75, 3.05) is 12.9 Å². The summed E-state index contributed by atoms with van der Waals surface area (Å²) in [6.07, 6.45) is 4.38. The van der Waals surface area contributed by atoms with Crippen LogP contribution in [0.1, 0.15) is 46.5 Å². The Kier molecular flexibility index (Phi) is 8.55. The Morgan fingerprint density at radius 3 is 2.56 bits per heavy atom. The Balaban J connectivity index is 1.61. The molecule has 2 aromatic rings. The van der Waals surface area contributed by atoms with E-state index in [0.717, 1.165) is 42.9 Å². The van der Waals surface area contributed by atoms with E-state index in [4.69, 9.17) is 4.74 Å². The molecule has 0 aliphatic heterocycles. The number of urea groups is 1. The number of nitrogens with zero attached hydrogens (tertiary/aromatic N) is 3. The molecule has 8 nitrogen and oxygen atoms in total. The molecule has 3 amide bonds. The van der Waals surface area contributed by atoms with Crippen molar-refractivity contribution in [1.29, 1.82) is 0 Å². The molecule has 0 spiro atoms. The Bertz CT molecular complexity index is 913. The first kappa shape index (κ1) is 24.1. The van der Waals surface area contributed by atoms with Crippen LogP contribution in [0.2, 0.25) is 0 Å². The van der Waals surface area contributed by atoms with Gasteiger partial charge in [0.2, 0.25) is 5.91 Å². The summed E-state index contributed by atoms with van der Waals surface area (Å²) in [5, 5.41) is 14.7. The van der Waals surface area contributed by atoms with Crippen molar-refractivity contribution in [2.24, 2.45) is 11.8 Å². The van der Waals surface area contributed by atoms with Crippen LogP contribution in [0.5, 0.6) is 5.75 Å². The highest BCUT2D eigenvalue weighted by molar-refractivity contribution is 7.99. The molecule has 1 aliphatic rings. The van der Waals surface area contributed by atoms with E-state index in [1.54, 1.807) is 7.11 Å². The zero-order valence-electron chi connectivity index (χ0n) is 19.3. The molecular formula is C23H33N5O3S. The quantitative estimate of drug-likeness (QED) is 0.577. The van der Waals surface area contributed by atoms with E-state index in [2.05, 4.69) is 41.6 Å². The second-order valence-electron chi connectivity index (χ2n) is 8.72. The number of rotatable bonds is 8. The fraction of sp³-hybridized carbons (Fsp3) is 0.565. The van der Waals surface area contributed by atoms with Crippen LogP contribution in [0.4, 0.5) is 4.79 Å². The minimum atomic E-state index is -0.420. The summed E-state index contributed by atoms with van der Waals surface area (Å²) in [5.74, 6) is 2.07. The van der Waals surface area contributed by atoms with E-state index >= 15 is 0 Å². The van der Waals surface area contributed by atoms with Crippen molar-refractivity contribution in [1.82, 2.24) is 25.4 Å². The van der Waals surface area contributed by atoms with Crippen molar-refractivity contribution >= 4 is 23.7 Å². The van der Waals surface area contributed by atoms with Crippen molar-refractivity contribution in [3.63, 3.8) is 0 Å². The molecule has 2 atom stereocenters. The molecule has 1 heterocycles. The highest BCUT2D eigenvalue weighted by Gasteiger charge is 2.23. The van der Waals surface area contributed by atoms with E-state index in [-0.39, 0.29) is 17.7 Å². The third-order valence-corrected chi connectivity index (χ3v) is 6.59. The fourth-order valence-electron chi connectivity index (χ4n) is 3.91. The number of hydrogen-bond donors (Lipinski definition) is 2. The Labute approximate surface area is 193 Å². The van der Waals surface area contributed by atoms with Crippen LogP contribution in [0.3, 0.4) is 0 Å². The molecule has 32 heavy (non-hydrogen) atoms. The van der Waals surface area contributed by atoms with E-state index in [9.17, 15) is 9.59 Å². The van der Waals surface area contributed by atoms with E-state index in [0.29, 0.717) is 17.0 Å². The summed E-state index contributed by atoms with van der Waals surface area (Å²) < 4.78 is 7.25. The van der Waals surface area contributed by atoms with Gasteiger partial charge in [-0.15, -0.1) is 10.2 Å². The Morgan fingerprint density at radius 2 is 1.91 bits per heavy atom. The van der Waals surface area contributed by atoms with Crippen LogP contribution in [0, 0.1) is 11.8 Å². The van der Waals surface area contributed by atoms with Gasteiger partial charge >= 0.3 is 6.03 Å². The van der Waals surface area contributed by atoms with Crippen molar-refractivity contribution in [3.8, 4) is 17.1 Å². The molecule has 1 aromatic heterocycles. The number of hydrogen-bond acceptors (Lipinski definition) is 6. The number of imide groups is 1. The lowest BCUT2D eigenvalue weighted by atomic mass is 9.86. The maximum atomic E-state index is 12.4. The van der Waals surface area contributed by atoms with Crippen LogP contribution in [0.25, 0.3) is 11.4 Å². The maximum Gasteiger partial charge on any atom is 0.321 e. The Hall–Kier alpha value is -2.55. The molecule has 0 bridgehead atoms. The molecular weight excluding hydrogens is 426 g/mol. The zero-order valence-corrected chi connectivity index (χ0v) is 20.1. The lowest BCUT2D eigenvalue weighted by Crippen LogP contribution is -2.48. The molecule has 1 fully saturated rings. The number of carbonyl (C=O) groups excluding carboxylic acids is 2. The first-order chi connectivity index (χ1) is 15.4. The molecule has 9 heteroatoms. The predicted molar refractivity (Wildman–Crippen MR) is 126 cm³/mol. The maximum absolute atomic E-state index is 12.4. The van der Waals surface area contributed by atoms with Crippen molar-refractivity contribution < 1.29 is 14.3 Å². The summed E-state index contributed by atoms with van der Waals surface area (Å²) in [6, 6.07) is 7.36. The molecule has 174 valence electrons. The molecule has 0 saturated heterocycles. The lowest BCUT2D eigenvalue weighted by Gasteiger charge is -2.29. The van der Waals surface area contributed by atoms with Crippen LogP contribution < -0.4 is 15.4 Å². The van der Waals surface area contributed by atoms with Crippen LogP contribution in [0.15, 0.2) is 29.4 Å². The summed E-state index contributed by atoms with van der Waals surface area (Å²) >= 11 is 1.28. The molecule has 3 rings (SSSR count). The summed E-state index contributed by atoms with van der Waals surface area (Å²) in [5.41, 5.74) is 0.927. The number of nitrogens with one attached hydrogen (secondary N) is 2. The van der Waals surface area contributed by atoms with E-state index < -0.39 is 6.03 Å². The van der Waals surface area contributed by atoms with Gasteiger partial charge in [0.1, 0.15) is 5.75 Å². The number of amides is 3. The number of methoxy groups -OCH3 is 1. The molecule has 1 saturated carbocycles. The smallest absolute Gasteiger partial charge is 0.321 e. The molecule has 1 aromatic carbocycles. The van der Waals surface area contributed by atoms with Crippen molar-refractivity contribution in [2.45, 2.75) is 64.2 Å². The predicted octanol–water partition coefficient (Wildman–Crippen LogP) is 4.11. The van der Waals surface area contributed by atoms with Crippen LogP contribution >= 0.6 is 11.8 Å². The first-order valence-corrected chi connectivity index (χ1v) is 12.2. The van der Waals surface area contributed by atoms with Crippen LogP contribution in [-0.4, -0.2) is 45.6 Å². The van der Waals surface area contributed by atoms with Gasteiger partial charge in [0.15, 0.2) is 11.0 Å². The van der Waals surface area contributed by atoms with Crippen molar-refractivity contribution in [3.05, 3.63) is 24.3 Å². The first-order valence-electron chi connectivity index (χ1n) is 11.2. The highest BCUT2D eigenvalue weighted by atomic mass is 32.2. The number of ether oxygens (including phenoxy) is 1. The largest absolute Gasteiger partial charge is 0.497 e. The van der Waals surface area contributed by atoms with Gasteiger partial charge in [-0.25, -0.2) is 4.79 Å². The minimum absolute atomic E-state index is 0.0898. The third kappa shape index (κ3) is 6.48. The highest BCUT2D eigenvalue weighted by Crippen LogP contribution is 2.27. The SMILES string of the molecule is COc1ccc(-c2nnc(SCC(=O)NC(=O)NC3CCCCC3C)n2CC(C)C)cc1. The van der Waals surface area contributed by atoms with Gasteiger partial charge in [0.05, 0.1) is 12.9 Å². The van der Waals surface area contributed by atoms with Gasteiger partial charge in [-0.2, -0.15) is 0 Å². The summed E-state index contributed by atoms with van der Waals surface area (Å²) in [7, 11) is 1.63. The normalized spacial score (nSPS) is 18.4. The molecule has 2 unspecified atom stereocenters. The lowest BCUT2D eigenvalue weighted by molar-refractivity contribution is -0.117. The van der Waals surface area contributed by atoms with Gasteiger partial charge in [0.25, 0.3) is 0 Å². The number of aromatic nitrogens is 3. The topological polar surface area (TPSA) is 98.1 Å². The number of benzene rings is 1. The average Bonchev–Trinajstić information content (AvgIpc) is 3.15. The fourth-order valence-corrected chi connectivity index (χ4v) is 4.65. The second-order valence-corrected chi connectivity index (χ2v) is 9.66. The van der Waals surface area contributed by atoms with Gasteiger partial charge in [0, 0.05) is 18.2 Å². The Morgan fingerprint density at radius 1 is 1.19 bits per heavy atom. The molecule has 1 aliphatic carbocycles. The zero-order chi connectivity index (χ0) is 23.1. The average molecular weight is 460 g/mol. The minimum Gasteiger partial charge on any atom is -0.497 e. The molecule has 0 radical (unpaired) electrons. The van der Waals surface area contributed by atoms with E-state index in [1.807, 2.05) is 28.8 Å². The second kappa shape index (κ2) is 11.4. The van der Waals surface area contributed by atoms with E-state index in [1.165, 1.54) is 18.2 Å². The summed E-state index contributed by atoms with van der Waals surface area (Å²) in [6.45, 7) is 7.10. The van der Waals surface area contributed by atoms with Gasteiger partial charge in [-0.3, -0.25) is 10.1 Å². The summed E-state index contributed by atoms with van der Waals surface area (Å²) in [4.78, 5) is 24.6. The van der Waals surface area contributed by atoms with Gasteiger partial charge in [-0.1, -0.05) is 45.4 Å². The third-order valence-electron chi connectivity index (χ3n) is 5.63. The number of thioether (sulfide) groups is 1. The number of carbonyl (C=O) groups is 2. The van der Waals surface area contributed by atoms with Crippen LogP contribution in [-0.2, 0) is 11.3 Å².